The van der Waals surface area contributed by atoms with Gasteiger partial charge in [-0.05, 0) is 12.1 Å². The Hall–Kier alpha value is -1.67. The number of anilines is 1. The van der Waals surface area contributed by atoms with E-state index >= 15 is 0 Å². The number of hydrogen-bond acceptors (Lipinski definition) is 5. The summed E-state index contributed by atoms with van der Waals surface area (Å²) < 4.78 is 5.35. The molecule has 0 aliphatic carbocycles. The first-order chi connectivity index (χ1) is 12.1. The molecule has 1 aromatic rings. The predicted octanol–water partition coefficient (Wildman–Crippen LogP) is 0.411. The Kier molecular flexibility index (Phi) is 6.25. The van der Waals surface area contributed by atoms with E-state index in [-0.39, 0.29) is 24.4 Å². The molecule has 8 heteroatoms. The number of morpholine rings is 1. The summed E-state index contributed by atoms with van der Waals surface area (Å²) in [6.45, 7) is 4.67. The van der Waals surface area contributed by atoms with E-state index in [1.54, 1.807) is 12.1 Å². The van der Waals surface area contributed by atoms with Crippen LogP contribution in [-0.2, 0) is 14.3 Å². The maximum Gasteiger partial charge on any atom is 0.242 e. The third-order valence-corrected chi connectivity index (χ3v) is 4.75. The van der Waals surface area contributed by atoms with Gasteiger partial charge in [0.15, 0.2) is 0 Å². The Morgan fingerprint density at radius 2 is 2.00 bits per heavy atom. The smallest absolute Gasteiger partial charge is 0.242 e. The molecular weight excluding hydrogens is 344 g/mol. The van der Waals surface area contributed by atoms with Crippen molar-refractivity contribution in [1.29, 1.82) is 0 Å². The van der Waals surface area contributed by atoms with Gasteiger partial charge in [-0.3, -0.25) is 14.5 Å². The number of rotatable bonds is 4. The molecule has 0 radical (unpaired) electrons. The molecular formula is C17H23ClN4O3. The molecule has 2 heterocycles. The molecule has 136 valence electrons. The van der Waals surface area contributed by atoms with Crippen LogP contribution in [0.15, 0.2) is 24.3 Å². The zero-order valence-corrected chi connectivity index (χ0v) is 14.8. The monoisotopic (exact) mass is 366 g/mol. The summed E-state index contributed by atoms with van der Waals surface area (Å²) in [5.74, 6) is -0.0184. The second-order valence-corrected chi connectivity index (χ2v) is 6.62. The predicted molar refractivity (Wildman–Crippen MR) is 95.7 cm³/mol. The minimum Gasteiger partial charge on any atom is -0.378 e. The summed E-state index contributed by atoms with van der Waals surface area (Å²) in [4.78, 5) is 28.5. The van der Waals surface area contributed by atoms with E-state index in [1.165, 1.54) is 0 Å². The van der Waals surface area contributed by atoms with Gasteiger partial charge in [-0.1, -0.05) is 23.7 Å². The van der Waals surface area contributed by atoms with Gasteiger partial charge in [-0.25, -0.2) is 0 Å². The van der Waals surface area contributed by atoms with Gasteiger partial charge in [0.2, 0.25) is 11.8 Å². The number of halogens is 1. The minimum absolute atomic E-state index is 0.0832. The topological polar surface area (TPSA) is 73.9 Å². The average molecular weight is 367 g/mol. The Morgan fingerprint density at radius 3 is 2.68 bits per heavy atom. The van der Waals surface area contributed by atoms with Gasteiger partial charge >= 0.3 is 0 Å². The first kappa shape index (κ1) is 18.1. The highest BCUT2D eigenvalue weighted by atomic mass is 35.5. The van der Waals surface area contributed by atoms with E-state index in [4.69, 9.17) is 16.3 Å². The zero-order valence-electron chi connectivity index (χ0n) is 14.0. The molecule has 7 nitrogen and oxygen atoms in total. The largest absolute Gasteiger partial charge is 0.378 e. The second kappa shape index (κ2) is 8.62. The number of amides is 2. The lowest BCUT2D eigenvalue weighted by molar-refractivity contribution is -0.138. The third-order valence-electron chi connectivity index (χ3n) is 4.42. The molecule has 0 saturated carbocycles. The van der Waals surface area contributed by atoms with Gasteiger partial charge in [0, 0.05) is 32.7 Å². The van der Waals surface area contributed by atoms with Crippen LogP contribution in [0.5, 0.6) is 0 Å². The fourth-order valence-corrected chi connectivity index (χ4v) is 3.21. The molecule has 2 saturated heterocycles. The zero-order chi connectivity index (χ0) is 17.6. The fourth-order valence-electron chi connectivity index (χ4n) is 3.03. The summed E-state index contributed by atoms with van der Waals surface area (Å²) in [6.07, 6.45) is 0. The Balaban J connectivity index is 1.43. The number of para-hydroxylation sites is 1. The summed E-state index contributed by atoms with van der Waals surface area (Å²) in [5.41, 5.74) is 0.617. The molecule has 25 heavy (non-hydrogen) atoms. The molecule has 1 unspecified atom stereocenters. The molecule has 2 N–H and O–H groups in total. The van der Waals surface area contributed by atoms with Crippen LogP contribution in [0.25, 0.3) is 0 Å². The molecule has 1 aromatic carbocycles. The SMILES string of the molecule is O=C(CN1CCN(C(=O)C2COCCN2)CC1)Nc1ccccc1Cl. The maximum absolute atomic E-state index is 12.4. The lowest BCUT2D eigenvalue weighted by atomic mass is 10.2. The van der Waals surface area contributed by atoms with Gasteiger partial charge in [0.1, 0.15) is 6.04 Å². The van der Waals surface area contributed by atoms with E-state index in [0.717, 1.165) is 0 Å². The molecule has 2 amide bonds. The van der Waals surface area contributed by atoms with Gasteiger partial charge in [-0.2, -0.15) is 0 Å². The maximum atomic E-state index is 12.4. The molecule has 0 aromatic heterocycles. The molecule has 0 bridgehead atoms. The van der Waals surface area contributed by atoms with Crippen molar-refractivity contribution in [3.63, 3.8) is 0 Å². The number of nitrogens with one attached hydrogen (secondary N) is 2. The lowest BCUT2D eigenvalue weighted by Crippen LogP contribution is -2.57. The van der Waals surface area contributed by atoms with E-state index in [9.17, 15) is 9.59 Å². The molecule has 2 aliphatic rings. The summed E-state index contributed by atoms with van der Waals surface area (Å²) >= 11 is 6.05. The Labute approximate surface area is 152 Å². The number of ether oxygens (including phenoxy) is 1. The first-order valence-electron chi connectivity index (χ1n) is 8.50. The fraction of sp³-hybridized carbons (Fsp3) is 0.529. The highest BCUT2D eigenvalue weighted by Crippen LogP contribution is 2.20. The normalized spacial score (nSPS) is 21.8. The Bertz CT molecular complexity index is 614. The number of piperazine rings is 1. The van der Waals surface area contributed by atoms with E-state index < -0.39 is 0 Å². The van der Waals surface area contributed by atoms with Crippen LogP contribution in [0.2, 0.25) is 5.02 Å². The number of carbonyl (C=O) groups is 2. The number of nitrogens with zero attached hydrogens (tertiary/aromatic N) is 2. The van der Waals surface area contributed by atoms with Crippen molar-refractivity contribution < 1.29 is 14.3 Å². The van der Waals surface area contributed by atoms with Crippen LogP contribution in [0.1, 0.15) is 0 Å². The van der Waals surface area contributed by atoms with Crippen molar-refractivity contribution in [3.05, 3.63) is 29.3 Å². The molecule has 0 spiro atoms. The number of carbonyl (C=O) groups excluding carboxylic acids is 2. The van der Waals surface area contributed by atoms with Gasteiger partial charge in [0.05, 0.1) is 30.5 Å². The van der Waals surface area contributed by atoms with E-state index in [1.807, 2.05) is 21.9 Å². The van der Waals surface area contributed by atoms with Crippen LogP contribution in [0.4, 0.5) is 5.69 Å². The van der Waals surface area contributed by atoms with E-state index in [0.29, 0.717) is 56.6 Å². The van der Waals surface area contributed by atoms with E-state index in [2.05, 4.69) is 10.6 Å². The van der Waals surface area contributed by atoms with Crippen LogP contribution in [-0.4, -0.2) is 80.1 Å². The highest BCUT2D eigenvalue weighted by Gasteiger charge is 2.29. The number of hydrogen-bond donors (Lipinski definition) is 2. The highest BCUT2D eigenvalue weighted by molar-refractivity contribution is 6.33. The van der Waals surface area contributed by atoms with Crippen LogP contribution >= 0.6 is 11.6 Å². The van der Waals surface area contributed by atoms with Crippen molar-refractivity contribution >= 4 is 29.1 Å². The molecule has 2 aliphatic heterocycles. The van der Waals surface area contributed by atoms with Crippen molar-refractivity contribution in [2.75, 3.05) is 57.8 Å². The average Bonchev–Trinajstić information content (AvgIpc) is 2.64. The third kappa shape index (κ3) is 4.92. The standard InChI is InChI=1S/C17H23ClN4O3/c18-13-3-1-2-4-14(13)20-16(23)11-21-6-8-22(9-7-21)17(24)15-12-25-10-5-19-15/h1-4,15,19H,5-12H2,(H,20,23). The minimum atomic E-state index is -0.246. The molecule has 2 fully saturated rings. The van der Waals surface area contributed by atoms with Crippen molar-refractivity contribution in [2.45, 2.75) is 6.04 Å². The summed E-state index contributed by atoms with van der Waals surface area (Å²) in [6, 6.07) is 6.92. The summed E-state index contributed by atoms with van der Waals surface area (Å²) in [7, 11) is 0. The van der Waals surface area contributed by atoms with Gasteiger partial charge in [-0.15, -0.1) is 0 Å². The van der Waals surface area contributed by atoms with Crippen molar-refractivity contribution in [3.8, 4) is 0 Å². The van der Waals surface area contributed by atoms with Crippen molar-refractivity contribution in [1.82, 2.24) is 15.1 Å². The quantitative estimate of drug-likeness (QED) is 0.807. The molecule has 3 rings (SSSR count). The lowest BCUT2D eigenvalue weighted by Gasteiger charge is -2.36. The Morgan fingerprint density at radius 1 is 1.24 bits per heavy atom. The van der Waals surface area contributed by atoms with Crippen molar-refractivity contribution in [2.24, 2.45) is 0 Å². The second-order valence-electron chi connectivity index (χ2n) is 6.21. The van der Waals surface area contributed by atoms with Gasteiger partial charge < -0.3 is 20.3 Å². The summed E-state index contributed by atoms with van der Waals surface area (Å²) in [5, 5.41) is 6.53. The van der Waals surface area contributed by atoms with Crippen LogP contribution in [0, 0.1) is 0 Å². The van der Waals surface area contributed by atoms with Crippen LogP contribution < -0.4 is 10.6 Å². The van der Waals surface area contributed by atoms with Gasteiger partial charge in [0.25, 0.3) is 0 Å². The first-order valence-corrected chi connectivity index (χ1v) is 8.88. The van der Waals surface area contributed by atoms with Crippen LogP contribution in [0.3, 0.4) is 0 Å². The number of benzene rings is 1. The molecule has 1 atom stereocenters.